The van der Waals surface area contributed by atoms with Crippen LogP contribution in [0.4, 0.5) is 0 Å². The summed E-state index contributed by atoms with van der Waals surface area (Å²) in [6.07, 6.45) is 0. The van der Waals surface area contributed by atoms with Crippen LogP contribution in [0.2, 0.25) is 0 Å². The highest BCUT2D eigenvalue weighted by Gasteiger charge is 1.92. The fourth-order valence-corrected chi connectivity index (χ4v) is 0. The normalized spacial score (nSPS) is 11.5. The Hall–Kier alpha value is 0.402. The molecule has 0 spiro atoms. The Kier molecular flexibility index (Phi) is 2.04. The second-order valence-corrected chi connectivity index (χ2v) is 2.78. The zero-order valence-electron chi connectivity index (χ0n) is 3.08. The van der Waals surface area contributed by atoms with Crippen molar-refractivity contribution in [1.82, 2.24) is 0 Å². The Balaban J connectivity index is 3.85. The van der Waals surface area contributed by atoms with E-state index in [1.165, 1.54) is 0 Å². The van der Waals surface area contributed by atoms with Gasteiger partial charge in [0.2, 0.25) is 0 Å². The standard InChI is InChI=1S/Al.H2O4S.2H/c;1-5(2,3)4;;/h;(H2,1,2,3,4);;/q+1;;;/p-1. The van der Waals surface area contributed by atoms with Crippen molar-refractivity contribution in [2.45, 2.75) is 0 Å². The molecule has 0 aliphatic heterocycles. The molecule has 1 N–H and O–H groups in total. The third-order valence-electron chi connectivity index (χ3n) is 0.211. The van der Waals surface area contributed by atoms with Crippen LogP contribution in [-0.4, -0.2) is 29.6 Å². The first-order valence-corrected chi connectivity index (χ1v) is 3.27. The van der Waals surface area contributed by atoms with Crippen molar-refractivity contribution >= 4 is 27.0 Å². The molecule has 0 amide bonds. The van der Waals surface area contributed by atoms with Crippen LogP contribution in [0.15, 0.2) is 0 Å². The fourth-order valence-electron chi connectivity index (χ4n) is 0. The molecule has 4 nitrogen and oxygen atoms in total. The second-order valence-electron chi connectivity index (χ2n) is 0.594. The van der Waals surface area contributed by atoms with Gasteiger partial charge in [-0.1, -0.05) is 0 Å². The van der Waals surface area contributed by atoms with Crippen LogP contribution in [0.25, 0.3) is 0 Å². The van der Waals surface area contributed by atoms with E-state index in [4.69, 9.17) is 4.55 Å². The highest BCUT2D eigenvalue weighted by Crippen LogP contribution is 1.73. The van der Waals surface area contributed by atoms with Crippen molar-refractivity contribution in [1.29, 1.82) is 0 Å². The van der Waals surface area contributed by atoms with E-state index in [1.54, 1.807) is 0 Å². The van der Waals surface area contributed by atoms with Crippen LogP contribution < -0.4 is 0 Å². The molecule has 0 aliphatic rings. The lowest BCUT2D eigenvalue weighted by atomic mass is 15.8. The van der Waals surface area contributed by atoms with Gasteiger partial charge in [-0.3, -0.25) is 4.55 Å². The monoisotopic (exact) mass is 126 g/mol. The molecule has 0 aliphatic carbocycles. The number of hydrogen-bond acceptors (Lipinski definition) is 3. The molecule has 36 valence electrons. The summed E-state index contributed by atoms with van der Waals surface area (Å²) < 4.78 is 30.0. The molecule has 6 heavy (non-hydrogen) atoms. The van der Waals surface area contributed by atoms with E-state index in [2.05, 4.69) is 3.23 Å². The maximum absolute atomic E-state index is 9.37. The summed E-state index contributed by atoms with van der Waals surface area (Å²) >= 11 is 0.0100. The third-order valence-corrected chi connectivity index (χ3v) is 1.90. The van der Waals surface area contributed by atoms with Gasteiger partial charge < -0.3 is 3.23 Å². The molecule has 0 saturated carbocycles. The van der Waals surface area contributed by atoms with Crippen molar-refractivity contribution in [2.75, 3.05) is 0 Å². The smallest absolute Gasteiger partial charge is 0.386 e. The molecule has 0 fully saturated rings. The predicted octanol–water partition coefficient (Wildman–Crippen LogP) is -1.65. The zero-order chi connectivity index (χ0) is 5.21. The van der Waals surface area contributed by atoms with E-state index in [0.29, 0.717) is 0 Å². The van der Waals surface area contributed by atoms with Crippen molar-refractivity contribution in [2.24, 2.45) is 0 Å². The molecule has 0 atom stereocenters. The van der Waals surface area contributed by atoms with Crippen molar-refractivity contribution in [3.05, 3.63) is 0 Å². The highest BCUT2D eigenvalue weighted by molar-refractivity contribution is 7.81. The van der Waals surface area contributed by atoms with Gasteiger partial charge in [-0.15, -0.1) is 0 Å². The molecular weight excluding hydrogens is 123 g/mol. The fraction of sp³-hybridized carbons (Fsp3) is 0. The Morgan fingerprint density at radius 1 is 1.67 bits per heavy atom. The van der Waals surface area contributed by atoms with Gasteiger partial charge in [-0.25, -0.2) is 0 Å². The Morgan fingerprint density at radius 3 is 1.83 bits per heavy atom. The van der Waals surface area contributed by atoms with Crippen LogP contribution in [0.3, 0.4) is 0 Å². The van der Waals surface area contributed by atoms with Gasteiger partial charge >= 0.3 is 27.0 Å². The molecule has 0 aromatic heterocycles. The van der Waals surface area contributed by atoms with Gasteiger partial charge in [0.25, 0.3) is 0 Å². The average Bonchev–Trinajstić information content (AvgIpc) is 1.35. The molecule has 0 unspecified atom stereocenters. The van der Waals surface area contributed by atoms with E-state index in [0.717, 1.165) is 0 Å². The van der Waals surface area contributed by atoms with Crippen molar-refractivity contribution in [3.63, 3.8) is 0 Å². The van der Waals surface area contributed by atoms with E-state index in [9.17, 15) is 8.42 Å². The quantitative estimate of drug-likeness (QED) is 0.338. The zero-order valence-corrected chi connectivity index (χ0v) is 5.90. The summed E-state index contributed by atoms with van der Waals surface area (Å²) in [7, 11) is -4.10. The molecule has 0 saturated heterocycles. The predicted molar refractivity (Wildman–Crippen MR) is 21.2 cm³/mol. The van der Waals surface area contributed by atoms with E-state index in [1.807, 2.05) is 0 Å². The largest absolute Gasteiger partial charge is 0.440 e. The molecule has 0 rings (SSSR count). The Labute approximate surface area is 43.8 Å². The first-order valence-electron chi connectivity index (χ1n) is 1.09. The van der Waals surface area contributed by atoms with Crippen molar-refractivity contribution in [3.8, 4) is 0 Å². The minimum atomic E-state index is -4.10. The molecule has 0 heterocycles. The van der Waals surface area contributed by atoms with E-state index < -0.39 is 10.4 Å². The van der Waals surface area contributed by atoms with E-state index >= 15 is 0 Å². The van der Waals surface area contributed by atoms with Gasteiger partial charge in [-0.05, 0) is 0 Å². The Morgan fingerprint density at radius 2 is 1.83 bits per heavy atom. The van der Waals surface area contributed by atoms with Crippen LogP contribution >= 0.6 is 0 Å². The van der Waals surface area contributed by atoms with Gasteiger partial charge in [0, 0.05) is 0 Å². The summed E-state index contributed by atoms with van der Waals surface area (Å²) in [5.41, 5.74) is 0. The molecule has 6 heteroatoms. The summed E-state index contributed by atoms with van der Waals surface area (Å²) in [6, 6.07) is 0. The second kappa shape index (κ2) is 1.91. The Bertz CT molecular complexity index is 110. The van der Waals surface area contributed by atoms with E-state index in [-0.39, 0.29) is 16.6 Å². The number of hydrogen-bond donors (Lipinski definition) is 1. The summed E-state index contributed by atoms with van der Waals surface area (Å²) in [5, 5.41) is 0. The third kappa shape index (κ3) is 4.40. The van der Waals surface area contributed by atoms with Gasteiger partial charge in [0.05, 0.1) is 0 Å². The SMILES string of the molecule is O=S(=O)(O)[O][AlH2]. The van der Waals surface area contributed by atoms with Gasteiger partial charge in [0.1, 0.15) is 0 Å². The van der Waals surface area contributed by atoms with Gasteiger partial charge in [0.15, 0.2) is 0 Å². The lowest BCUT2D eigenvalue weighted by molar-refractivity contribution is 0.400. The maximum Gasteiger partial charge on any atom is 0.440 e. The van der Waals surface area contributed by atoms with Crippen LogP contribution in [0.1, 0.15) is 0 Å². The molecule has 0 bridgehead atoms. The average molecular weight is 126 g/mol. The summed E-state index contributed by atoms with van der Waals surface area (Å²) in [4.78, 5) is 0. The topological polar surface area (TPSA) is 63.6 Å². The van der Waals surface area contributed by atoms with Gasteiger partial charge in [-0.2, -0.15) is 8.42 Å². The highest BCUT2D eigenvalue weighted by atomic mass is 32.3. The first kappa shape index (κ1) is 6.40. The lowest BCUT2D eigenvalue weighted by Crippen LogP contribution is -1.98. The van der Waals surface area contributed by atoms with Crippen LogP contribution in [-0.2, 0) is 13.6 Å². The maximum atomic E-state index is 9.37. The first-order chi connectivity index (χ1) is 2.56. The summed E-state index contributed by atoms with van der Waals surface area (Å²) in [5.74, 6) is 0. The minimum Gasteiger partial charge on any atom is -0.386 e. The number of rotatable bonds is 1. The summed E-state index contributed by atoms with van der Waals surface area (Å²) in [6.45, 7) is 0. The molecule has 0 aromatic carbocycles. The van der Waals surface area contributed by atoms with Crippen LogP contribution in [0.5, 0.6) is 0 Å². The molecule has 0 aromatic rings. The lowest BCUT2D eigenvalue weighted by Gasteiger charge is -1.84. The minimum absolute atomic E-state index is 0.0100. The molecule has 0 radical (unpaired) electrons. The van der Waals surface area contributed by atoms with Crippen LogP contribution in [0, 0.1) is 0 Å². The molecular formula is H3AlO4S. The van der Waals surface area contributed by atoms with Crippen molar-refractivity contribution < 1.29 is 16.2 Å².